The lowest BCUT2D eigenvalue weighted by Gasteiger charge is -2.20. The van der Waals surface area contributed by atoms with Gasteiger partial charge in [-0.05, 0) is 50.3 Å². The van der Waals surface area contributed by atoms with Crippen molar-refractivity contribution in [3.8, 4) is 0 Å². The van der Waals surface area contributed by atoms with Gasteiger partial charge in [0.1, 0.15) is 0 Å². The number of carbonyl (C=O) groups is 1. The molecule has 2 aliphatic carbocycles. The number of hydrogen-bond donors (Lipinski definition) is 3. The van der Waals surface area contributed by atoms with Crippen molar-refractivity contribution in [3.63, 3.8) is 0 Å². The molecule has 5 nitrogen and oxygen atoms in total. The second kappa shape index (κ2) is 12.1. The van der Waals surface area contributed by atoms with Gasteiger partial charge < -0.3 is 16.0 Å². The van der Waals surface area contributed by atoms with Crippen LogP contribution < -0.4 is 16.0 Å². The summed E-state index contributed by atoms with van der Waals surface area (Å²) in [5.74, 6) is 1.19. The molecule has 1 aromatic carbocycles. The van der Waals surface area contributed by atoms with E-state index >= 15 is 0 Å². The first-order chi connectivity index (χ1) is 13.2. The molecule has 0 atom stereocenters. The average Bonchev–Trinajstić information content (AvgIpc) is 3.20. The molecule has 3 N–H and O–H groups in total. The van der Waals surface area contributed by atoms with Gasteiger partial charge in [-0.2, -0.15) is 0 Å². The molecule has 0 spiro atoms. The van der Waals surface area contributed by atoms with Crippen LogP contribution in [0, 0.1) is 5.92 Å². The average molecular weight is 496 g/mol. The molecule has 0 radical (unpaired) electrons. The highest BCUT2D eigenvalue weighted by Gasteiger charge is 2.21. The summed E-state index contributed by atoms with van der Waals surface area (Å²) in [6.45, 7) is 3.50. The Morgan fingerprint density at radius 1 is 1.14 bits per heavy atom. The first-order valence-corrected chi connectivity index (χ1v) is 10.3. The van der Waals surface area contributed by atoms with Crippen molar-refractivity contribution in [2.24, 2.45) is 10.9 Å². The van der Waals surface area contributed by atoms with Crippen molar-refractivity contribution in [1.82, 2.24) is 10.6 Å². The molecule has 1 amide bonds. The van der Waals surface area contributed by atoms with Crippen LogP contribution in [0.1, 0.15) is 57.4 Å². The van der Waals surface area contributed by atoms with Gasteiger partial charge in [0.2, 0.25) is 5.91 Å². The fourth-order valence-electron chi connectivity index (χ4n) is 3.78. The predicted octanol–water partition coefficient (Wildman–Crippen LogP) is 4.60. The molecular formula is C22H33IN4O. The molecule has 3 rings (SSSR count). The lowest BCUT2D eigenvalue weighted by molar-refractivity contribution is -0.120. The highest BCUT2D eigenvalue weighted by atomic mass is 127. The zero-order valence-corrected chi connectivity index (χ0v) is 19.1. The number of aliphatic imine (C=N–C) groups is 1. The summed E-state index contributed by atoms with van der Waals surface area (Å²) in [7, 11) is 0. The summed E-state index contributed by atoms with van der Waals surface area (Å²) in [6, 6.07) is 8.47. The van der Waals surface area contributed by atoms with Crippen LogP contribution in [0.5, 0.6) is 0 Å². The van der Waals surface area contributed by atoms with E-state index in [1.54, 1.807) is 0 Å². The largest absolute Gasteiger partial charge is 0.357 e. The highest BCUT2D eigenvalue weighted by molar-refractivity contribution is 14.0. The van der Waals surface area contributed by atoms with E-state index in [4.69, 9.17) is 4.99 Å². The van der Waals surface area contributed by atoms with E-state index in [0.717, 1.165) is 49.4 Å². The van der Waals surface area contributed by atoms with Crippen LogP contribution in [-0.4, -0.2) is 24.5 Å². The van der Waals surface area contributed by atoms with Crippen LogP contribution in [0.25, 0.3) is 0 Å². The van der Waals surface area contributed by atoms with E-state index in [1.807, 2.05) is 18.2 Å². The SMILES string of the molecule is CCNC(=NCc1cccc(NC(=O)C2CCCCC2)c1)NC1CC=CC1.I. The number of hydrogen-bond acceptors (Lipinski definition) is 2. The molecule has 0 aliphatic heterocycles. The topological polar surface area (TPSA) is 65.5 Å². The molecule has 0 saturated heterocycles. The van der Waals surface area contributed by atoms with Gasteiger partial charge in [0.25, 0.3) is 0 Å². The second-order valence-electron chi connectivity index (χ2n) is 7.50. The molecule has 0 bridgehead atoms. The van der Waals surface area contributed by atoms with E-state index in [-0.39, 0.29) is 35.8 Å². The molecule has 2 aliphatic rings. The molecule has 1 aromatic rings. The maximum absolute atomic E-state index is 12.5. The van der Waals surface area contributed by atoms with Crippen LogP contribution in [0.3, 0.4) is 0 Å². The summed E-state index contributed by atoms with van der Waals surface area (Å²) in [5, 5.41) is 9.89. The van der Waals surface area contributed by atoms with Crippen LogP contribution in [0.15, 0.2) is 41.4 Å². The lowest BCUT2D eigenvalue weighted by Crippen LogP contribution is -2.42. The van der Waals surface area contributed by atoms with Gasteiger partial charge in [-0.1, -0.05) is 43.5 Å². The Morgan fingerprint density at radius 3 is 2.61 bits per heavy atom. The summed E-state index contributed by atoms with van der Waals surface area (Å²) < 4.78 is 0. The normalized spacial score (nSPS) is 17.8. The summed E-state index contributed by atoms with van der Waals surface area (Å²) in [6.07, 6.45) is 12.1. The highest BCUT2D eigenvalue weighted by Crippen LogP contribution is 2.25. The van der Waals surface area contributed by atoms with E-state index in [1.165, 1.54) is 19.3 Å². The minimum Gasteiger partial charge on any atom is -0.357 e. The lowest BCUT2D eigenvalue weighted by atomic mass is 9.88. The molecule has 28 heavy (non-hydrogen) atoms. The van der Waals surface area contributed by atoms with Gasteiger partial charge in [0, 0.05) is 24.2 Å². The van der Waals surface area contributed by atoms with E-state index in [0.29, 0.717) is 12.6 Å². The van der Waals surface area contributed by atoms with Crippen molar-refractivity contribution in [1.29, 1.82) is 0 Å². The maximum atomic E-state index is 12.5. The second-order valence-corrected chi connectivity index (χ2v) is 7.50. The molecule has 6 heteroatoms. The standard InChI is InChI=1S/C22H32N4O.HI/c1-2-23-22(26-19-12-6-7-13-19)24-16-17-9-8-14-20(15-17)25-21(27)18-10-4-3-5-11-18;/h6-9,14-15,18-19H,2-5,10-13,16H2,1H3,(H,25,27)(H2,23,24,26);1H. The van der Waals surface area contributed by atoms with Gasteiger partial charge in [-0.15, -0.1) is 24.0 Å². The van der Waals surface area contributed by atoms with Crippen molar-refractivity contribution in [2.75, 3.05) is 11.9 Å². The van der Waals surface area contributed by atoms with Gasteiger partial charge in [0.15, 0.2) is 5.96 Å². The minimum absolute atomic E-state index is 0. The number of anilines is 1. The number of benzene rings is 1. The third-order valence-corrected chi connectivity index (χ3v) is 5.28. The molecule has 1 fully saturated rings. The van der Waals surface area contributed by atoms with Crippen molar-refractivity contribution in [3.05, 3.63) is 42.0 Å². The smallest absolute Gasteiger partial charge is 0.227 e. The first-order valence-electron chi connectivity index (χ1n) is 10.3. The molecule has 154 valence electrons. The summed E-state index contributed by atoms with van der Waals surface area (Å²) >= 11 is 0. The Balaban J connectivity index is 0.00000280. The Hall–Kier alpha value is -1.57. The van der Waals surface area contributed by atoms with Gasteiger partial charge in [-0.3, -0.25) is 4.79 Å². The zero-order valence-electron chi connectivity index (χ0n) is 16.7. The fraction of sp³-hybridized carbons (Fsp3) is 0.545. The molecular weight excluding hydrogens is 463 g/mol. The number of amides is 1. The monoisotopic (exact) mass is 496 g/mol. The quantitative estimate of drug-likeness (QED) is 0.234. The number of nitrogens with zero attached hydrogens (tertiary/aromatic N) is 1. The molecule has 0 aromatic heterocycles. The van der Waals surface area contributed by atoms with Crippen molar-refractivity contribution in [2.45, 2.75) is 64.5 Å². The number of guanidine groups is 1. The third-order valence-electron chi connectivity index (χ3n) is 5.28. The molecule has 1 saturated carbocycles. The van der Waals surface area contributed by atoms with Crippen LogP contribution in [0.4, 0.5) is 5.69 Å². The Labute approximate surface area is 185 Å². The van der Waals surface area contributed by atoms with Gasteiger partial charge in [0.05, 0.1) is 6.54 Å². The van der Waals surface area contributed by atoms with Gasteiger partial charge in [-0.25, -0.2) is 4.99 Å². The number of carbonyl (C=O) groups excluding carboxylic acids is 1. The van der Waals surface area contributed by atoms with E-state index < -0.39 is 0 Å². The summed E-state index contributed by atoms with van der Waals surface area (Å²) in [5.41, 5.74) is 1.97. The Bertz CT molecular complexity index is 675. The third kappa shape index (κ3) is 7.11. The van der Waals surface area contributed by atoms with Gasteiger partial charge >= 0.3 is 0 Å². The van der Waals surface area contributed by atoms with Crippen LogP contribution in [-0.2, 0) is 11.3 Å². The number of halogens is 1. The maximum Gasteiger partial charge on any atom is 0.227 e. The fourth-order valence-corrected chi connectivity index (χ4v) is 3.78. The molecule has 0 heterocycles. The van der Waals surface area contributed by atoms with Crippen molar-refractivity contribution < 1.29 is 4.79 Å². The van der Waals surface area contributed by atoms with Crippen LogP contribution in [0.2, 0.25) is 0 Å². The summed E-state index contributed by atoms with van der Waals surface area (Å²) in [4.78, 5) is 17.2. The minimum atomic E-state index is 0. The first kappa shape index (κ1) is 22.7. The van der Waals surface area contributed by atoms with Crippen molar-refractivity contribution >= 4 is 41.5 Å². The van der Waals surface area contributed by atoms with Crippen LogP contribution >= 0.6 is 24.0 Å². The number of rotatable bonds is 6. The zero-order chi connectivity index (χ0) is 18.9. The number of nitrogens with one attached hydrogen (secondary N) is 3. The van der Waals surface area contributed by atoms with E-state index in [9.17, 15) is 4.79 Å². The Kier molecular flexibility index (Phi) is 9.81. The van der Waals surface area contributed by atoms with E-state index in [2.05, 4.69) is 41.1 Å². The predicted molar refractivity (Wildman–Crippen MR) is 127 cm³/mol. The molecule has 0 unspecified atom stereocenters. The Morgan fingerprint density at radius 2 is 1.89 bits per heavy atom.